The summed E-state index contributed by atoms with van der Waals surface area (Å²) in [6.07, 6.45) is 1.82. The third kappa shape index (κ3) is 4.43. The summed E-state index contributed by atoms with van der Waals surface area (Å²) in [5, 5.41) is 0. The van der Waals surface area contributed by atoms with Gasteiger partial charge in [0.25, 0.3) is 0 Å². The summed E-state index contributed by atoms with van der Waals surface area (Å²) in [5.41, 5.74) is 2.32. The number of pyridine rings is 1. The van der Waals surface area contributed by atoms with E-state index < -0.39 is 0 Å². The van der Waals surface area contributed by atoms with Gasteiger partial charge in [-0.2, -0.15) is 0 Å². The van der Waals surface area contributed by atoms with Crippen molar-refractivity contribution in [1.82, 2.24) is 14.8 Å². The Labute approximate surface area is 146 Å². The Kier molecular flexibility index (Phi) is 5.48. The zero-order chi connectivity index (χ0) is 16.1. The molecule has 1 aliphatic heterocycles. The molecular formula is C17H19N3OS2. The maximum atomic E-state index is 5.49. The van der Waals surface area contributed by atoms with Crippen molar-refractivity contribution in [3.05, 3.63) is 59.9 Å². The highest BCUT2D eigenvalue weighted by atomic mass is 32.2. The zero-order valence-electron chi connectivity index (χ0n) is 13.0. The molecule has 0 bridgehead atoms. The molecular weight excluding hydrogens is 326 g/mol. The summed E-state index contributed by atoms with van der Waals surface area (Å²) in [7, 11) is 1.69. The van der Waals surface area contributed by atoms with Gasteiger partial charge in [-0.15, -0.1) is 0 Å². The van der Waals surface area contributed by atoms with Crippen LogP contribution in [0, 0.1) is 0 Å². The molecule has 1 aromatic carbocycles. The van der Waals surface area contributed by atoms with Gasteiger partial charge < -0.3 is 9.64 Å². The molecule has 0 radical (unpaired) electrons. The standard InChI is InChI=1S/C17H19N3OS2/c1-21-16-7-5-14(6-8-16)10-19-12-20(17(22)23-13-19)11-15-4-2-3-9-18-15/h2-9H,10-13H2,1H3. The van der Waals surface area contributed by atoms with E-state index in [1.807, 2.05) is 36.5 Å². The van der Waals surface area contributed by atoms with E-state index in [1.165, 1.54) is 5.56 Å². The summed E-state index contributed by atoms with van der Waals surface area (Å²) in [5.74, 6) is 1.81. The van der Waals surface area contributed by atoms with Crippen molar-refractivity contribution >= 4 is 28.3 Å². The van der Waals surface area contributed by atoms with Gasteiger partial charge in [0, 0.05) is 12.7 Å². The highest BCUT2D eigenvalue weighted by Gasteiger charge is 2.22. The van der Waals surface area contributed by atoms with E-state index in [0.29, 0.717) is 0 Å². The number of hydrogen-bond donors (Lipinski definition) is 0. The highest BCUT2D eigenvalue weighted by molar-refractivity contribution is 8.22. The van der Waals surface area contributed by atoms with E-state index in [0.717, 1.165) is 41.4 Å². The Balaban J connectivity index is 1.61. The third-order valence-corrected chi connectivity index (χ3v) is 5.25. The van der Waals surface area contributed by atoms with Gasteiger partial charge in [-0.05, 0) is 29.8 Å². The van der Waals surface area contributed by atoms with Gasteiger partial charge in [-0.25, -0.2) is 0 Å². The fraction of sp³-hybridized carbons (Fsp3) is 0.294. The van der Waals surface area contributed by atoms with Gasteiger partial charge in [0.2, 0.25) is 0 Å². The first-order chi connectivity index (χ1) is 11.2. The number of hydrogen-bond acceptors (Lipinski definition) is 5. The van der Waals surface area contributed by atoms with Gasteiger partial charge in [-0.3, -0.25) is 9.88 Å². The summed E-state index contributed by atoms with van der Waals surface area (Å²) in [6, 6.07) is 14.2. The SMILES string of the molecule is COc1ccc(CN2CSC(=S)N(Cc3ccccn3)C2)cc1. The van der Waals surface area contributed by atoms with Crippen LogP contribution in [0.15, 0.2) is 48.7 Å². The van der Waals surface area contributed by atoms with Gasteiger partial charge in [-0.1, -0.05) is 42.2 Å². The van der Waals surface area contributed by atoms with Crippen LogP contribution in [-0.2, 0) is 13.1 Å². The van der Waals surface area contributed by atoms with Crippen molar-refractivity contribution in [1.29, 1.82) is 0 Å². The number of aromatic nitrogens is 1. The van der Waals surface area contributed by atoms with E-state index in [4.69, 9.17) is 17.0 Å². The monoisotopic (exact) mass is 345 g/mol. The second-order valence-corrected chi connectivity index (χ2v) is 6.96. The molecule has 0 unspecified atom stereocenters. The number of methoxy groups -OCH3 is 1. The molecule has 3 rings (SSSR count). The zero-order valence-corrected chi connectivity index (χ0v) is 14.6. The van der Waals surface area contributed by atoms with Crippen molar-refractivity contribution in [2.24, 2.45) is 0 Å². The molecule has 1 fully saturated rings. The highest BCUT2D eigenvalue weighted by Crippen LogP contribution is 2.22. The minimum absolute atomic E-state index is 0.756. The lowest BCUT2D eigenvalue weighted by molar-refractivity contribution is 0.200. The molecule has 0 spiro atoms. The number of benzene rings is 1. The Bertz CT molecular complexity index is 649. The molecule has 0 amide bonds. The lowest BCUT2D eigenvalue weighted by Gasteiger charge is -2.36. The smallest absolute Gasteiger partial charge is 0.139 e. The topological polar surface area (TPSA) is 28.6 Å². The quantitative estimate of drug-likeness (QED) is 0.772. The first kappa shape index (κ1) is 16.2. The van der Waals surface area contributed by atoms with Crippen molar-refractivity contribution in [2.75, 3.05) is 19.7 Å². The molecule has 6 heteroatoms. The molecule has 4 nitrogen and oxygen atoms in total. The summed E-state index contributed by atoms with van der Waals surface area (Å²) in [6.45, 7) is 2.48. The molecule has 0 aliphatic carbocycles. The van der Waals surface area contributed by atoms with Crippen LogP contribution in [0.25, 0.3) is 0 Å². The van der Waals surface area contributed by atoms with Crippen molar-refractivity contribution in [3.8, 4) is 5.75 Å². The van der Waals surface area contributed by atoms with E-state index in [2.05, 4.69) is 26.9 Å². The normalized spacial score (nSPS) is 15.7. The molecule has 0 saturated carbocycles. The molecule has 0 N–H and O–H groups in total. The molecule has 1 aliphatic rings. The minimum atomic E-state index is 0.756. The average Bonchev–Trinajstić information content (AvgIpc) is 2.59. The van der Waals surface area contributed by atoms with Crippen LogP contribution in [0.4, 0.5) is 0 Å². The Morgan fingerprint density at radius 2 is 2.00 bits per heavy atom. The summed E-state index contributed by atoms with van der Waals surface area (Å²) < 4.78 is 6.15. The Morgan fingerprint density at radius 1 is 1.17 bits per heavy atom. The fourth-order valence-corrected chi connectivity index (χ4v) is 3.52. The summed E-state index contributed by atoms with van der Waals surface area (Å²) >= 11 is 7.21. The van der Waals surface area contributed by atoms with Gasteiger partial charge >= 0.3 is 0 Å². The van der Waals surface area contributed by atoms with E-state index >= 15 is 0 Å². The lowest BCUT2D eigenvalue weighted by atomic mass is 10.2. The number of thiocarbonyl (C=S) groups is 1. The van der Waals surface area contributed by atoms with Crippen LogP contribution in [0.1, 0.15) is 11.3 Å². The Hall–Kier alpha value is -1.63. The third-order valence-electron chi connectivity index (χ3n) is 3.64. The number of thioether (sulfide) groups is 1. The van der Waals surface area contributed by atoms with Crippen LogP contribution >= 0.6 is 24.0 Å². The molecule has 23 heavy (non-hydrogen) atoms. The van der Waals surface area contributed by atoms with Crippen LogP contribution < -0.4 is 4.74 Å². The van der Waals surface area contributed by atoms with Crippen molar-refractivity contribution in [3.63, 3.8) is 0 Å². The first-order valence-electron chi connectivity index (χ1n) is 7.41. The average molecular weight is 345 g/mol. The lowest BCUT2D eigenvalue weighted by Crippen LogP contribution is -2.43. The van der Waals surface area contributed by atoms with Gasteiger partial charge in [0.15, 0.2) is 0 Å². The predicted molar refractivity (Wildman–Crippen MR) is 98.2 cm³/mol. The number of ether oxygens (including phenoxy) is 1. The Morgan fingerprint density at radius 3 is 2.70 bits per heavy atom. The van der Waals surface area contributed by atoms with Crippen molar-refractivity contribution in [2.45, 2.75) is 13.1 Å². The van der Waals surface area contributed by atoms with Crippen LogP contribution in [0.5, 0.6) is 5.75 Å². The van der Waals surface area contributed by atoms with E-state index in [1.54, 1.807) is 18.9 Å². The number of rotatable bonds is 5. The number of nitrogens with zero attached hydrogens (tertiary/aromatic N) is 3. The predicted octanol–water partition coefficient (Wildman–Crippen LogP) is 3.34. The first-order valence-corrected chi connectivity index (χ1v) is 8.81. The molecule has 1 aromatic heterocycles. The van der Waals surface area contributed by atoms with E-state index in [-0.39, 0.29) is 0 Å². The molecule has 1 saturated heterocycles. The maximum Gasteiger partial charge on any atom is 0.139 e. The maximum absolute atomic E-state index is 5.49. The molecule has 2 heterocycles. The minimum Gasteiger partial charge on any atom is -0.497 e. The molecule has 2 aromatic rings. The van der Waals surface area contributed by atoms with Crippen LogP contribution in [0.2, 0.25) is 0 Å². The molecule has 120 valence electrons. The second-order valence-electron chi connectivity index (χ2n) is 5.38. The fourth-order valence-electron chi connectivity index (χ4n) is 2.46. The second kappa shape index (κ2) is 7.77. The van der Waals surface area contributed by atoms with Crippen molar-refractivity contribution < 1.29 is 4.74 Å². The molecule has 0 atom stereocenters. The van der Waals surface area contributed by atoms with Crippen LogP contribution in [-0.4, -0.2) is 38.8 Å². The van der Waals surface area contributed by atoms with Crippen LogP contribution in [0.3, 0.4) is 0 Å². The van der Waals surface area contributed by atoms with Gasteiger partial charge in [0.05, 0.1) is 31.9 Å². The largest absolute Gasteiger partial charge is 0.497 e. The summed E-state index contributed by atoms with van der Waals surface area (Å²) in [4.78, 5) is 8.98. The van der Waals surface area contributed by atoms with Gasteiger partial charge in [0.1, 0.15) is 10.1 Å². The van der Waals surface area contributed by atoms with E-state index in [9.17, 15) is 0 Å².